The normalized spacial score (nSPS) is 19.3. The van der Waals surface area contributed by atoms with Gasteiger partial charge in [-0.2, -0.15) is 0 Å². The summed E-state index contributed by atoms with van der Waals surface area (Å²) in [5, 5.41) is 0. The summed E-state index contributed by atoms with van der Waals surface area (Å²) in [6.45, 7) is 9.42. The lowest BCUT2D eigenvalue weighted by Crippen LogP contribution is -2.37. The van der Waals surface area contributed by atoms with Gasteiger partial charge in [0.15, 0.2) is 0 Å². The zero-order chi connectivity index (χ0) is 12.9. The van der Waals surface area contributed by atoms with Crippen molar-refractivity contribution >= 4 is 5.97 Å². The Balaban J connectivity index is 2.17. The fourth-order valence-corrected chi connectivity index (χ4v) is 2.09. The smallest absolute Gasteiger partial charge is 0.307 e. The van der Waals surface area contributed by atoms with Gasteiger partial charge in [-0.25, -0.2) is 0 Å². The standard InChI is InChI=1S/C13H26N2O2/c1-13(2,3)17-12(16)6-9-15-7-4-11(10-14)5-8-15/h11H,4-10,14H2,1-3H3. The van der Waals surface area contributed by atoms with E-state index in [9.17, 15) is 4.79 Å². The minimum atomic E-state index is -0.371. The monoisotopic (exact) mass is 242 g/mol. The first-order valence-corrected chi connectivity index (χ1v) is 6.55. The van der Waals surface area contributed by atoms with Crippen LogP contribution in [0.3, 0.4) is 0 Å². The molecular weight excluding hydrogens is 216 g/mol. The van der Waals surface area contributed by atoms with E-state index in [0.717, 1.165) is 39.0 Å². The van der Waals surface area contributed by atoms with Gasteiger partial charge in [0, 0.05) is 6.54 Å². The molecule has 4 heteroatoms. The summed E-state index contributed by atoms with van der Waals surface area (Å²) in [5.74, 6) is 0.575. The molecule has 1 saturated heterocycles. The minimum absolute atomic E-state index is 0.0987. The molecule has 1 heterocycles. The van der Waals surface area contributed by atoms with E-state index in [-0.39, 0.29) is 11.6 Å². The van der Waals surface area contributed by atoms with Gasteiger partial charge in [-0.05, 0) is 59.2 Å². The first-order valence-electron chi connectivity index (χ1n) is 6.55. The molecule has 1 aliphatic rings. The topological polar surface area (TPSA) is 55.6 Å². The molecule has 17 heavy (non-hydrogen) atoms. The highest BCUT2D eigenvalue weighted by Crippen LogP contribution is 2.16. The van der Waals surface area contributed by atoms with Crippen LogP contribution >= 0.6 is 0 Å². The molecule has 0 unspecified atom stereocenters. The van der Waals surface area contributed by atoms with Crippen LogP contribution in [0.4, 0.5) is 0 Å². The number of rotatable bonds is 4. The van der Waals surface area contributed by atoms with Crippen LogP contribution < -0.4 is 5.73 Å². The van der Waals surface area contributed by atoms with Crippen molar-refractivity contribution in [3.63, 3.8) is 0 Å². The van der Waals surface area contributed by atoms with Gasteiger partial charge in [-0.3, -0.25) is 4.79 Å². The highest BCUT2D eigenvalue weighted by atomic mass is 16.6. The molecule has 1 aliphatic heterocycles. The number of nitrogens with two attached hydrogens (primary N) is 1. The van der Waals surface area contributed by atoms with Crippen molar-refractivity contribution < 1.29 is 9.53 Å². The van der Waals surface area contributed by atoms with Crippen LogP contribution in [0.5, 0.6) is 0 Å². The second kappa shape index (κ2) is 6.36. The minimum Gasteiger partial charge on any atom is -0.460 e. The number of piperidine rings is 1. The van der Waals surface area contributed by atoms with E-state index in [4.69, 9.17) is 10.5 Å². The van der Waals surface area contributed by atoms with Crippen molar-refractivity contribution in [2.45, 2.75) is 45.6 Å². The molecule has 0 atom stereocenters. The van der Waals surface area contributed by atoms with Gasteiger partial charge < -0.3 is 15.4 Å². The van der Waals surface area contributed by atoms with Crippen molar-refractivity contribution in [1.29, 1.82) is 0 Å². The first-order chi connectivity index (χ1) is 7.90. The van der Waals surface area contributed by atoms with Crippen molar-refractivity contribution in [2.24, 2.45) is 11.7 Å². The predicted molar refractivity (Wildman–Crippen MR) is 68.7 cm³/mol. The average molecular weight is 242 g/mol. The molecule has 0 amide bonds. The van der Waals surface area contributed by atoms with Crippen LogP contribution in [-0.2, 0) is 9.53 Å². The average Bonchev–Trinajstić information content (AvgIpc) is 2.25. The van der Waals surface area contributed by atoms with Gasteiger partial charge in [0.25, 0.3) is 0 Å². The molecule has 0 aliphatic carbocycles. The molecule has 1 fully saturated rings. The Kier molecular flexibility index (Phi) is 5.40. The number of nitrogens with zero attached hydrogens (tertiary/aromatic N) is 1. The number of carbonyl (C=O) groups is 1. The summed E-state index contributed by atoms with van der Waals surface area (Å²) >= 11 is 0. The molecule has 2 N–H and O–H groups in total. The third-order valence-corrected chi connectivity index (χ3v) is 3.09. The zero-order valence-electron chi connectivity index (χ0n) is 11.4. The summed E-state index contributed by atoms with van der Waals surface area (Å²) in [6, 6.07) is 0. The molecule has 0 spiro atoms. The highest BCUT2D eigenvalue weighted by Gasteiger charge is 2.20. The van der Waals surface area contributed by atoms with Crippen molar-refractivity contribution in [1.82, 2.24) is 4.90 Å². The lowest BCUT2D eigenvalue weighted by molar-refractivity contribution is -0.155. The molecule has 4 nitrogen and oxygen atoms in total. The van der Waals surface area contributed by atoms with E-state index in [1.807, 2.05) is 20.8 Å². The molecule has 100 valence electrons. The summed E-state index contributed by atoms with van der Waals surface area (Å²) in [7, 11) is 0. The number of hydrogen-bond donors (Lipinski definition) is 1. The van der Waals surface area contributed by atoms with Crippen LogP contribution in [0.15, 0.2) is 0 Å². The largest absolute Gasteiger partial charge is 0.460 e. The molecule has 0 aromatic heterocycles. The van der Waals surface area contributed by atoms with E-state index in [0.29, 0.717) is 12.3 Å². The maximum Gasteiger partial charge on any atom is 0.307 e. The molecule has 0 radical (unpaired) electrons. The van der Waals surface area contributed by atoms with E-state index < -0.39 is 0 Å². The second-order valence-electron chi connectivity index (χ2n) is 5.86. The van der Waals surface area contributed by atoms with Crippen molar-refractivity contribution in [3.8, 4) is 0 Å². The van der Waals surface area contributed by atoms with Crippen molar-refractivity contribution in [2.75, 3.05) is 26.2 Å². The Morgan fingerprint density at radius 3 is 2.41 bits per heavy atom. The van der Waals surface area contributed by atoms with Crippen LogP contribution in [0, 0.1) is 5.92 Å². The third kappa shape index (κ3) is 6.03. The summed E-state index contributed by atoms with van der Waals surface area (Å²) in [5.41, 5.74) is 5.28. The predicted octanol–water partition coefficient (Wildman–Crippen LogP) is 1.39. The Bertz CT molecular complexity index is 240. The van der Waals surface area contributed by atoms with Gasteiger partial charge in [0.2, 0.25) is 0 Å². The summed E-state index contributed by atoms with van der Waals surface area (Å²) < 4.78 is 5.29. The quantitative estimate of drug-likeness (QED) is 0.757. The van der Waals surface area contributed by atoms with Gasteiger partial charge in [0.1, 0.15) is 5.60 Å². The highest BCUT2D eigenvalue weighted by molar-refractivity contribution is 5.70. The number of hydrogen-bond acceptors (Lipinski definition) is 4. The van der Waals surface area contributed by atoms with E-state index in [2.05, 4.69) is 4.90 Å². The third-order valence-electron chi connectivity index (χ3n) is 3.09. The molecule has 0 bridgehead atoms. The van der Waals surface area contributed by atoms with Crippen molar-refractivity contribution in [3.05, 3.63) is 0 Å². The molecule has 0 aromatic carbocycles. The SMILES string of the molecule is CC(C)(C)OC(=O)CCN1CCC(CN)CC1. The van der Waals surface area contributed by atoms with Gasteiger partial charge in [-0.15, -0.1) is 0 Å². The number of esters is 1. The first kappa shape index (κ1) is 14.5. The van der Waals surface area contributed by atoms with Crippen LogP contribution in [0.1, 0.15) is 40.0 Å². The van der Waals surface area contributed by atoms with Gasteiger partial charge in [-0.1, -0.05) is 0 Å². The molecule has 0 saturated carbocycles. The fraction of sp³-hybridized carbons (Fsp3) is 0.923. The molecule has 0 aromatic rings. The number of carbonyl (C=O) groups excluding carboxylic acids is 1. The van der Waals surface area contributed by atoms with Gasteiger partial charge >= 0.3 is 5.97 Å². The van der Waals surface area contributed by atoms with Gasteiger partial charge in [0.05, 0.1) is 6.42 Å². The lowest BCUT2D eigenvalue weighted by atomic mass is 9.97. The van der Waals surface area contributed by atoms with Crippen LogP contribution in [0.2, 0.25) is 0 Å². The summed E-state index contributed by atoms with van der Waals surface area (Å²) in [4.78, 5) is 13.9. The fourth-order valence-electron chi connectivity index (χ4n) is 2.09. The Morgan fingerprint density at radius 2 is 1.94 bits per heavy atom. The summed E-state index contributed by atoms with van der Waals surface area (Å²) in [6.07, 6.45) is 2.81. The zero-order valence-corrected chi connectivity index (χ0v) is 11.4. The Hall–Kier alpha value is -0.610. The van der Waals surface area contributed by atoms with Crippen LogP contribution in [-0.4, -0.2) is 42.6 Å². The maximum atomic E-state index is 11.6. The lowest BCUT2D eigenvalue weighted by Gasteiger charge is -2.31. The van der Waals surface area contributed by atoms with E-state index >= 15 is 0 Å². The second-order valence-corrected chi connectivity index (χ2v) is 5.86. The number of ether oxygens (including phenoxy) is 1. The maximum absolute atomic E-state index is 11.6. The van der Waals surface area contributed by atoms with E-state index in [1.165, 1.54) is 0 Å². The Labute approximate surface area is 104 Å². The molecular formula is C13H26N2O2. The van der Waals surface area contributed by atoms with Crippen LogP contribution in [0.25, 0.3) is 0 Å². The van der Waals surface area contributed by atoms with E-state index in [1.54, 1.807) is 0 Å². The Morgan fingerprint density at radius 1 is 1.35 bits per heavy atom. The number of likely N-dealkylation sites (tertiary alicyclic amines) is 1. The molecule has 1 rings (SSSR count).